The van der Waals surface area contributed by atoms with E-state index in [2.05, 4.69) is 37.4 Å². The zero-order valence-electron chi connectivity index (χ0n) is 18.9. The number of H-pyrrole nitrogens is 1. The van der Waals surface area contributed by atoms with Crippen molar-refractivity contribution in [2.75, 3.05) is 24.7 Å². The summed E-state index contributed by atoms with van der Waals surface area (Å²) in [5.74, 6) is 6.20. The number of amides is 2. The van der Waals surface area contributed by atoms with E-state index in [1.165, 1.54) is 18.3 Å². The molecule has 0 aliphatic heterocycles. The van der Waals surface area contributed by atoms with E-state index in [-0.39, 0.29) is 23.6 Å². The molecule has 2 amide bonds. The van der Waals surface area contributed by atoms with E-state index in [4.69, 9.17) is 0 Å². The lowest BCUT2D eigenvalue weighted by Gasteiger charge is -2.18. The van der Waals surface area contributed by atoms with Gasteiger partial charge >= 0.3 is 12.2 Å². The molecule has 1 aromatic carbocycles. The number of pyridine rings is 2. The molecule has 0 spiro atoms. The largest absolute Gasteiger partial charge is 0.416 e. The van der Waals surface area contributed by atoms with Crippen molar-refractivity contribution < 1.29 is 18.0 Å². The Kier molecular flexibility index (Phi) is 6.71. The summed E-state index contributed by atoms with van der Waals surface area (Å²) in [5, 5.41) is 5.88. The smallest absolute Gasteiger partial charge is 0.346 e. The first kappa shape index (κ1) is 23.8. The van der Waals surface area contributed by atoms with Gasteiger partial charge in [0, 0.05) is 47.3 Å². The lowest BCUT2D eigenvalue weighted by molar-refractivity contribution is -0.138. The quantitative estimate of drug-likeness (QED) is 0.357. The van der Waals surface area contributed by atoms with Gasteiger partial charge in [0.05, 0.1) is 5.56 Å². The summed E-state index contributed by atoms with van der Waals surface area (Å²) in [6.07, 6.45) is 0.377. The van der Waals surface area contributed by atoms with Crippen molar-refractivity contribution in [2.24, 2.45) is 0 Å². The summed E-state index contributed by atoms with van der Waals surface area (Å²) in [4.78, 5) is 25.4. The fraction of sp³-hybridized carbons (Fsp3) is 0.160. The number of nitrogens with one attached hydrogen (secondary N) is 3. The number of urea groups is 1. The Morgan fingerprint density at radius 3 is 2.60 bits per heavy atom. The molecule has 0 aliphatic carbocycles. The van der Waals surface area contributed by atoms with E-state index < -0.39 is 17.8 Å². The summed E-state index contributed by atoms with van der Waals surface area (Å²) in [5.41, 5.74) is 1.42. The summed E-state index contributed by atoms with van der Waals surface area (Å²) in [7, 11) is 3.37. The van der Waals surface area contributed by atoms with Crippen LogP contribution in [0.2, 0.25) is 0 Å². The maximum absolute atomic E-state index is 13.5. The highest BCUT2D eigenvalue weighted by atomic mass is 19.4. The van der Waals surface area contributed by atoms with E-state index >= 15 is 0 Å². The molecule has 3 heterocycles. The van der Waals surface area contributed by atoms with Gasteiger partial charge in [-0.15, -0.1) is 0 Å². The molecule has 0 unspecified atom stereocenters. The molecule has 0 saturated heterocycles. The van der Waals surface area contributed by atoms with E-state index in [1.54, 1.807) is 43.5 Å². The number of alkyl halides is 3. The van der Waals surface area contributed by atoms with Crippen LogP contribution >= 0.6 is 0 Å². The number of halogens is 3. The second-order valence-corrected chi connectivity index (χ2v) is 8.01. The molecular formula is C25H21F3N6O. The molecule has 3 N–H and O–H groups in total. The van der Waals surface area contributed by atoms with Gasteiger partial charge in [0.2, 0.25) is 0 Å². The number of aromatic amines is 1. The number of carbonyl (C=O) groups is 1. The second-order valence-electron chi connectivity index (χ2n) is 8.01. The number of nitrogens with zero attached hydrogens (tertiary/aromatic N) is 3. The fourth-order valence-electron chi connectivity index (χ4n) is 3.40. The highest BCUT2D eigenvalue weighted by Gasteiger charge is 2.33. The monoisotopic (exact) mass is 478 g/mol. The third-order valence-corrected chi connectivity index (χ3v) is 4.91. The second kappa shape index (κ2) is 9.87. The number of hydrogen-bond acceptors (Lipinski definition) is 4. The lowest BCUT2D eigenvalue weighted by atomic mass is 10.1. The normalized spacial score (nSPS) is 11.3. The lowest BCUT2D eigenvalue weighted by Crippen LogP contribution is -2.21. The summed E-state index contributed by atoms with van der Waals surface area (Å²) in [6, 6.07) is 10.0. The van der Waals surface area contributed by atoms with Gasteiger partial charge in [-0.2, -0.15) is 13.2 Å². The minimum absolute atomic E-state index is 0.0147. The van der Waals surface area contributed by atoms with Crippen LogP contribution in [0.5, 0.6) is 0 Å². The van der Waals surface area contributed by atoms with Crippen molar-refractivity contribution in [3.63, 3.8) is 0 Å². The van der Waals surface area contributed by atoms with Gasteiger partial charge in [-0.25, -0.2) is 14.8 Å². The van der Waals surface area contributed by atoms with Gasteiger partial charge < -0.3 is 15.2 Å². The van der Waals surface area contributed by atoms with Crippen molar-refractivity contribution in [1.82, 2.24) is 19.9 Å². The van der Waals surface area contributed by atoms with Crippen molar-refractivity contribution >= 4 is 28.6 Å². The zero-order valence-corrected chi connectivity index (χ0v) is 18.9. The molecule has 7 nitrogen and oxygen atoms in total. The predicted octanol–water partition coefficient (Wildman–Crippen LogP) is 5.08. The molecule has 0 saturated carbocycles. The molecule has 178 valence electrons. The van der Waals surface area contributed by atoms with E-state index in [0.29, 0.717) is 5.56 Å². The molecule has 0 radical (unpaired) electrons. The van der Waals surface area contributed by atoms with Gasteiger partial charge in [-0.05, 0) is 56.1 Å². The Hall–Kier alpha value is -4.36. The van der Waals surface area contributed by atoms with Gasteiger partial charge in [0.15, 0.2) is 0 Å². The van der Waals surface area contributed by atoms with Crippen LogP contribution in [0.25, 0.3) is 11.0 Å². The van der Waals surface area contributed by atoms with Crippen LogP contribution in [0, 0.1) is 11.8 Å². The maximum Gasteiger partial charge on any atom is 0.416 e. The van der Waals surface area contributed by atoms with Crippen molar-refractivity contribution in [1.29, 1.82) is 0 Å². The number of carbonyl (C=O) groups excluding carboxylic acids is 1. The van der Waals surface area contributed by atoms with Gasteiger partial charge in [-0.1, -0.05) is 17.9 Å². The predicted molar refractivity (Wildman–Crippen MR) is 128 cm³/mol. The minimum Gasteiger partial charge on any atom is -0.346 e. The van der Waals surface area contributed by atoms with Crippen LogP contribution in [0.1, 0.15) is 22.3 Å². The minimum atomic E-state index is -4.55. The molecule has 0 bridgehead atoms. The van der Waals surface area contributed by atoms with Gasteiger partial charge in [-0.3, -0.25) is 5.32 Å². The number of rotatable bonds is 4. The van der Waals surface area contributed by atoms with Crippen molar-refractivity contribution in [2.45, 2.75) is 12.7 Å². The summed E-state index contributed by atoms with van der Waals surface area (Å²) < 4.78 is 40.5. The molecule has 0 aliphatic rings. The third-order valence-electron chi connectivity index (χ3n) is 4.91. The van der Waals surface area contributed by atoms with Crippen LogP contribution in [-0.4, -0.2) is 40.0 Å². The zero-order chi connectivity index (χ0) is 25.0. The molecule has 0 fully saturated rings. The Labute approximate surface area is 199 Å². The average Bonchev–Trinajstić information content (AvgIpc) is 3.26. The molecular weight excluding hydrogens is 457 g/mol. The maximum atomic E-state index is 13.5. The van der Waals surface area contributed by atoms with Crippen molar-refractivity contribution in [3.05, 3.63) is 83.3 Å². The average molecular weight is 478 g/mol. The Balaban J connectivity index is 1.46. The number of anilines is 2. The first-order chi connectivity index (χ1) is 16.7. The first-order valence-corrected chi connectivity index (χ1v) is 10.5. The van der Waals surface area contributed by atoms with Gasteiger partial charge in [0.1, 0.15) is 11.5 Å². The highest BCUT2D eigenvalue weighted by molar-refractivity contribution is 5.99. The van der Waals surface area contributed by atoms with E-state index in [0.717, 1.165) is 22.7 Å². The van der Waals surface area contributed by atoms with Crippen molar-refractivity contribution in [3.8, 4) is 11.8 Å². The van der Waals surface area contributed by atoms with E-state index in [1.807, 2.05) is 12.1 Å². The SMILES string of the molecule is CN(C)Cc1ccc(NC(=O)Nc2cc(C#Cc3cnc4[nH]ccc4c3)ccn2)cc1C(F)(F)F. The molecule has 35 heavy (non-hydrogen) atoms. The Morgan fingerprint density at radius 2 is 1.83 bits per heavy atom. The number of aromatic nitrogens is 3. The Bertz CT molecular complexity index is 1430. The molecule has 3 aromatic heterocycles. The molecule has 0 atom stereocenters. The molecule has 4 aromatic rings. The first-order valence-electron chi connectivity index (χ1n) is 10.5. The van der Waals surface area contributed by atoms with Gasteiger partial charge in [0.25, 0.3) is 0 Å². The van der Waals surface area contributed by atoms with E-state index in [9.17, 15) is 18.0 Å². The number of hydrogen-bond donors (Lipinski definition) is 3. The fourth-order valence-corrected chi connectivity index (χ4v) is 3.40. The number of benzene rings is 1. The standard InChI is InChI=1S/C25H21F3N6O/c1-34(2)15-19-5-6-20(13-21(19)25(26,27)28)32-24(35)33-22-12-16(7-9-29-22)3-4-17-11-18-8-10-30-23(18)31-14-17/h5-14H,15H2,1-2H3,(H,30,31)(H2,29,32,33,35). The summed E-state index contributed by atoms with van der Waals surface area (Å²) >= 11 is 0. The topological polar surface area (TPSA) is 85.9 Å². The van der Waals surface area contributed by atoms with Crippen LogP contribution < -0.4 is 10.6 Å². The molecule has 10 heteroatoms. The number of fused-ring (bicyclic) bond motifs is 1. The van der Waals surface area contributed by atoms with Crippen LogP contribution in [0.3, 0.4) is 0 Å². The Morgan fingerprint density at radius 1 is 1.03 bits per heavy atom. The molecule has 4 rings (SSSR count). The summed E-state index contributed by atoms with van der Waals surface area (Å²) in [6.45, 7) is 0.119. The van der Waals surface area contributed by atoms with Crippen LogP contribution in [-0.2, 0) is 12.7 Å². The highest BCUT2D eigenvalue weighted by Crippen LogP contribution is 2.34. The third kappa shape index (κ3) is 6.16. The van der Waals surface area contributed by atoms with Crippen LogP contribution in [0.15, 0.2) is 61.1 Å². The van der Waals surface area contributed by atoms with Crippen LogP contribution in [0.4, 0.5) is 29.5 Å².